The van der Waals surface area contributed by atoms with E-state index < -0.39 is 12.3 Å². The summed E-state index contributed by atoms with van der Waals surface area (Å²) in [5, 5.41) is 8.46. The first-order chi connectivity index (χ1) is 7.40. The Balaban J connectivity index is 2.99. The van der Waals surface area contributed by atoms with Crippen LogP contribution >= 0.6 is 0 Å². The first kappa shape index (κ1) is 12.0. The van der Waals surface area contributed by atoms with E-state index in [1.54, 1.807) is 19.0 Å². The number of ether oxygens (including phenoxy) is 1. The molecule has 16 heavy (non-hydrogen) atoms. The Morgan fingerprint density at radius 2 is 2.06 bits per heavy atom. The molecule has 1 unspecified atom stereocenters. The quantitative estimate of drug-likeness (QED) is 0.707. The highest BCUT2D eigenvalue weighted by Crippen LogP contribution is 2.15. The van der Waals surface area contributed by atoms with Crippen molar-refractivity contribution in [3.8, 4) is 0 Å². The number of carboxylic acid groups (broad SMARTS) is 1. The molecule has 0 aromatic carbocycles. The van der Waals surface area contributed by atoms with Gasteiger partial charge in [0.25, 0.3) is 0 Å². The summed E-state index contributed by atoms with van der Waals surface area (Å²) in [7, 11) is 3.47. The van der Waals surface area contributed by atoms with Crippen molar-refractivity contribution < 1.29 is 14.6 Å². The van der Waals surface area contributed by atoms with Crippen LogP contribution in [0.4, 0.5) is 16.7 Å². The molecule has 1 atom stereocenters. The molecule has 0 fully saturated rings. The van der Waals surface area contributed by atoms with Crippen molar-refractivity contribution >= 4 is 18.1 Å². The Bertz CT molecular complexity index is 395. The molecule has 0 aliphatic rings. The lowest BCUT2D eigenvalue weighted by molar-refractivity contribution is 0.0553. The Kier molecular flexibility index (Phi) is 3.44. The molecule has 0 spiro atoms. The van der Waals surface area contributed by atoms with Crippen molar-refractivity contribution in [3.05, 3.63) is 5.82 Å². The second-order valence-corrected chi connectivity index (χ2v) is 3.27. The summed E-state index contributed by atoms with van der Waals surface area (Å²) in [6, 6.07) is 0. The molecule has 1 rings (SSSR count). The van der Waals surface area contributed by atoms with Gasteiger partial charge in [-0.1, -0.05) is 0 Å². The van der Waals surface area contributed by atoms with E-state index in [0.29, 0.717) is 5.95 Å². The van der Waals surface area contributed by atoms with Gasteiger partial charge in [0.15, 0.2) is 11.9 Å². The van der Waals surface area contributed by atoms with Crippen molar-refractivity contribution in [2.75, 3.05) is 24.7 Å². The lowest BCUT2D eigenvalue weighted by Gasteiger charge is -2.14. The van der Waals surface area contributed by atoms with Gasteiger partial charge in [-0.3, -0.25) is 0 Å². The van der Waals surface area contributed by atoms with E-state index in [1.165, 1.54) is 6.92 Å². The molecule has 1 heterocycles. The third-order valence-corrected chi connectivity index (χ3v) is 1.70. The summed E-state index contributed by atoms with van der Waals surface area (Å²) in [6.07, 6.45) is -2.18. The molecule has 0 amide bonds. The van der Waals surface area contributed by atoms with Gasteiger partial charge in [0.05, 0.1) is 0 Å². The van der Waals surface area contributed by atoms with Crippen LogP contribution in [-0.2, 0) is 4.74 Å². The van der Waals surface area contributed by atoms with Crippen LogP contribution in [0.2, 0.25) is 0 Å². The van der Waals surface area contributed by atoms with Crippen LogP contribution in [0.5, 0.6) is 0 Å². The normalized spacial score (nSPS) is 11.9. The maximum atomic E-state index is 10.4. The Labute approximate surface area is 92.1 Å². The minimum absolute atomic E-state index is 0.0227. The van der Waals surface area contributed by atoms with Crippen molar-refractivity contribution in [1.29, 1.82) is 0 Å². The minimum Gasteiger partial charge on any atom is -0.450 e. The minimum atomic E-state index is -1.39. The van der Waals surface area contributed by atoms with Gasteiger partial charge in [-0.2, -0.15) is 15.0 Å². The number of hydrogen-bond acceptors (Lipinski definition) is 7. The molecule has 88 valence electrons. The summed E-state index contributed by atoms with van der Waals surface area (Å²) in [6.45, 7) is 1.52. The maximum Gasteiger partial charge on any atom is 0.506 e. The fraction of sp³-hybridized carbons (Fsp3) is 0.500. The molecule has 0 saturated heterocycles. The van der Waals surface area contributed by atoms with Crippen LogP contribution < -0.4 is 10.6 Å². The Morgan fingerprint density at radius 3 is 2.56 bits per heavy atom. The fourth-order valence-electron chi connectivity index (χ4n) is 0.983. The predicted octanol–water partition coefficient (Wildman–Crippen LogP) is 0.275. The number of nitrogens with zero attached hydrogens (tertiary/aromatic N) is 4. The van der Waals surface area contributed by atoms with Crippen LogP contribution in [-0.4, -0.2) is 40.3 Å². The Hall–Kier alpha value is -2.12. The van der Waals surface area contributed by atoms with Crippen LogP contribution in [0.3, 0.4) is 0 Å². The predicted molar refractivity (Wildman–Crippen MR) is 56.1 cm³/mol. The molecule has 1 aromatic rings. The molecule has 0 aliphatic heterocycles. The molecule has 1 aromatic heterocycles. The number of rotatable bonds is 3. The largest absolute Gasteiger partial charge is 0.506 e. The maximum absolute atomic E-state index is 10.4. The highest BCUT2D eigenvalue weighted by molar-refractivity contribution is 5.57. The molecule has 3 N–H and O–H groups in total. The number of carbonyl (C=O) groups is 1. The number of anilines is 2. The Morgan fingerprint density at radius 1 is 1.44 bits per heavy atom. The van der Waals surface area contributed by atoms with Crippen LogP contribution in [0, 0.1) is 0 Å². The molecule has 8 nitrogen and oxygen atoms in total. The van der Waals surface area contributed by atoms with Crippen molar-refractivity contribution in [1.82, 2.24) is 15.0 Å². The standard InChI is InChI=1S/C8H13N5O3/c1-4(16-8(14)15)5-10-6(9)12-7(11-5)13(2)3/h4H,1-3H3,(H,14,15)(H2,9,10,11,12). The van der Waals surface area contributed by atoms with E-state index in [9.17, 15) is 4.79 Å². The number of hydrogen-bond donors (Lipinski definition) is 2. The monoisotopic (exact) mass is 227 g/mol. The molecule has 0 aliphatic carbocycles. The van der Waals surface area contributed by atoms with Crippen molar-refractivity contribution in [2.24, 2.45) is 0 Å². The smallest absolute Gasteiger partial charge is 0.450 e. The number of nitrogen functional groups attached to an aromatic ring is 1. The zero-order chi connectivity index (χ0) is 12.3. The van der Waals surface area contributed by atoms with E-state index in [1.807, 2.05) is 0 Å². The van der Waals surface area contributed by atoms with Crippen molar-refractivity contribution in [3.63, 3.8) is 0 Å². The summed E-state index contributed by atoms with van der Waals surface area (Å²) < 4.78 is 4.52. The van der Waals surface area contributed by atoms with Gasteiger partial charge >= 0.3 is 6.16 Å². The van der Waals surface area contributed by atoms with E-state index in [4.69, 9.17) is 10.8 Å². The average Bonchev–Trinajstić information content (AvgIpc) is 2.15. The SMILES string of the molecule is CC(OC(=O)O)c1nc(N)nc(N(C)C)n1. The summed E-state index contributed by atoms with van der Waals surface area (Å²) in [5.74, 6) is 0.552. The molecule has 0 bridgehead atoms. The van der Waals surface area contributed by atoms with Crippen LogP contribution in [0.15, 0.2) is 0 Å². The molecular weight excluding hydrogens is 214 g/mol. The van der Waals surface area contributed by atoms with Crippen LogP contribution in [0.25, 0.3) is 0 Å². The second-order valence-electron chi connectivity index (χ2n) is 3.27. The van der Waals surface area contributed by atoms with Gasteiger partial charge in [0.1, 0.15) is 0 Å². The van der Waals surface area contributed by atoms with Crippen molar-refractivity contribution in [2.45, 2.75) is 13.0 Å². The van der Waals surface area contributed by atoms with Gasteiger partial charge in [-0.25, -0.2) is 4.79 Å². The molecular formula is C8H13N5O3. The highest BCUT2D eigenvalue weighted by Gasteiger charge is 2.16. The van der Waals surface area contributed by atoms with Crippen LogP contribution in [0.1, 0.15) is 18.9 Å². The molecule has 0 radical (unpaired) electrons. The van der Waals surface area contributed by atoms with Gasteiger partial charge in [-0.15, -0.1) is 0 Å². The average molecular weight is 227 g/mol. The zero-order valence-electron chi connectivity index (χ0n) is 9.21. The second kappa shape index (κ2) is 4.60. The van der Waals surface area contributed by atoms with Gasteiger partial charge in [0.2, 0.25) is 11.9 Å². The molecule has 8 heteroatoms. The van der Waals surface area contributed by atoms with E-state index in [-0.39, 0.29) is 11.8 Å². The number of nitrogens with two attached hydrogens (primary N) is 1. The first-order valence-corrected chi connectivity index (χ1v) is 4.48. The van der Waals surface area contributed by atoms with E-state index >= 15 is 0 Å². The van der Waals surface area contributed by atoms with Gasteiger partial charge in [0, 0.05) is 14.1 Å². The topological polar surface area (TPSA) is 114 Å². The third kappa shape index (κ3) is 2.94. The third-order valence-electron chi connectivity index (χ3n) is 1.70. The fourth-order valence-corrected chi connectivity index (χ4v) is 0.983. The van der Waals surface area contributed by atoms with E-state index in [0.717, 1.165) is 0 Å². The highest BCUT2D eigenvalue weighted by atomic mass is 16.7. The van der Waals surface area contributed by atoms with E-state index in [2.05, 4.69) is 19.7 Å². The summed E-state index contributed by atoms with van der Waals surface area (Å²) in [4.78, 5) is 23.7. The van der Waals surface area contributed by atoms with Gasteiger partial charge in [-0.05, 0) is 6.92 Å². The zero-order valence-corrected chi connectivity index (χ0v) is 9.21. The van der Waals surface area contributed by atoms with Gasteiger partial charge < -0.3 is 20.5 Å². The number of aromatic nitrogens is 3. The first-order valence-electron chi connectivity index (χ1n) is 4.48. The lowest BCUT2D eigenvalue weighted by atomic mass is 10.4. The molecule has 0 saturated carbocycles. The summed E-state index contributed by atoms with van der Waals surface area (Å²) >= 11 is 0. The lowest BCUT2D eigenvalue weighted by Crippen LogP contribution is -2.18. The summed E-state index contributed by atoms with van der Waals surface area (Å²) in [5.41, 5.74) is 5.47.